The van der Waals surface area contributed by atoms with Crippen molar-refractivity contribution in [2.75, 3.05) is 19.6 Å². The first-order valence-electron chi connectivity index (χ1n) is 6.35. The molecule has 1 saturated heterocycles. The van der Waals surface area contributed by atoms with Gasteiger partial charge in [-0.15, -0.1) is 0 Å². The Morgan fingerprint density at radius 2 is 1.89 bits per heavy atom. The highest BCUT2D eigenvalue weighted by molar-refractivity contribution is 5.69. The van der Waals surface area contributed by atoms with Crippen molar-refractivity contribution >= 4 is 6.09 Å². The second-order valence-electron chi connectivity index (χ2n) is 5.76. The van der Waals surface area contributed by atoms with E-state index in [1.165, 1.54) is 4.90 Å². The van der Waals surface area contributed by atoms with Crippen LogP contribution < -0.4 is 5.32 Å². The third-order valence-corrected chi connectivity index (χ3v) is 2.60. The molecule has 0 radical (unpaired) electrons. The molecule has 19 heavy (non-hydrogen) atoms. The number of ether oxygens (including phenoxy) is 1. The van der Waals surface area contributed by atoms with E-state index in [4.69, 9.17) is 4.74 Å². The van der Waals surface area contributed by atoms with Crippen LogP contribution in [-0.2, 0) is 4.74 Å². The molecule has 0 unspecified atom stereocenters. The van der Waals surface area contributed by atoms with Crippen LogP contribution in [0.25, 0.3) is 0 Å². The van der Waals surface area contributed by atoms with Crippen LogP contribution in [0.3, 0.4) is 0 Å². The minimum atomic E-state index is -4.09. The molecule has 0 aromatic carbocycles. The van der Waals surface area contributed by atoms with Crippen LogP contribution >= 0.6 is 0 Å². The first-order valence-corrected chi connectivity index (χ1v) is 6.35. The van der Waals surface area contributed by atoms with E-state index >= 15 is 0 Å². The minimum Gasteiger partial charge on any atom is -0.444 e. The van der Waals surface area contributed by atoms with Crippen molar-refractivity contribution in [2.24, 2.45) is 0 Å². The maximum atomic E-state index is 11.9. The van der Waals surface area contributed by atoms with E-state index in [2.05, 4.69) is 5.32 Å². The molecular formula is C12H21F3N2O2. The van der Waals surface area contributed by atoms with Crippen molar-refractivity contribution in [2.45, 2.75) is 51.4 Å². The monoisotopic (exact) mass is 282 g/mol. The minimum absolute atomic E-state index is 0.0619. The van der Waals surface area contributed by atoms with Crippen LogP contribution in [0.4, 0.5) is 18.0 Å². The normalized spacial score (nSPS) is 17.3. The molecule has 1 N–H and O–H groups in total. The number of nitrogens with one attached hydrogen (secondary N) is 1. The van der Waals surface area contributed by atoms with Crippen molar-refractivity contribution in [3.8, 4) is 0 Å². The van der Waals surface area contributed by atoms with Gasteiger partial charge in [-0.1, -0.05) is 0 Å². The van der Waals surface area contributed by atoms with E-state index in [1.807, 2.05) is 0 Å². The first kappa shape index (κ1) is 16.1. The molecule has 0 aromatic heterocycles. The predicted octanol–water partition coefficient (Wildman–Crippen LogP) is 2.54. The summed E-state index contributed by atoms with van der Waals surface area (Å²) in [7, 11) is 0. The third kappa shape index (κ3) is 6.66. The van der Waals surface area contributed by atoms with Gasteiger partial charge >= 0.3 is 12.3 Å². The fourth-order valence-corrected chi connectivity index (χ4v) is 1.68. The van der Waals surface area contributed by atoms with E-state index in [-0.39, 0.29) is 18.6 Å². The zero-order valence-corrected chi connectivity index (χ0v) is 11.5. The predicted molar refractivity (Wildman–Crippen MR) is 64.9 cm³/mol. The van der Waals surface area contributed by atoms with Gasteiger partial charge in [-0.05, 0) is 33.7 Å². The van der Waals surface area contributed by atoms with Crippen molar-refractivity contribution in [3.05, 3.63) is 0 Å². The molecule has 1 fully saturated rings. The van der Waals surface area contributed by atoms with Crippen LogP contribution in [0, 0.1) is 0 Å². The Morgan fingerprint density at radius 1 is 1.32 bits per heavy atom. The molecule has 1 rings (SSSR count). The van der Waals surface area contributed by atoms with Gasteiger partial charge in [0.15, 0.2) is 0 Å². The van der Waals surface area contributed by atoms with Gasteiger partial charge in [0.1, 0.15) is 5.60 Å². The number of carbonyl (C=O) groups excluding carboxylic acids is 1. The molecule has 0 aromatic rings. The lowest BCUT2D eigenvalue weighted by Gasteiger charge is -2.40. The summed E-state index contributed by atoms with van der Waals surface area (Å²) in [6.45, 7) is 6.65. The smallest absolute Gasteiger partial charge is 0.410 e. The number of likely N-dealkylation sites (tertiary alicyclic amines) is 1. The second-order valence-corrected chi connectivity index (χ2v) is 5.76. The highest BCUT2D eigenvalue weighted by Crippen LogP contribution is 2.21. The number of nitrogens with zero attached hydrogens (tertiary/aromatic N) is 1. The summed E-state index contributed by atoms with van der Waals surface area (Å²) in [5, 5.41) is 2.99. The van der Waals surface area contributed by atoms with Crippen LogP contribution in [0.5, 0.6) is 0 Å². The molecule has 1 aliphatic heterocycles. The fraction of sp³-hybridized carbons (Fsp3) is 0.917. The van der Waals surface area contributed by atoms with Crippen molar-refractivity contribution in [1.82, 2.24) is 10.2 Å². The van der Waals surface area contributed by atoms with Crippen LogP contribution in [-0.4, -0.2) is 48.4 Å². The Kier molecular flexibility index (Phi) is 5.06. The van der Waals surface area contributed by atoms with Crippen LogP contribution in [0.15, 0.2) is 0 Å². The average Bonchev–Trinajstić information content (AvgIpc) is 2.09. The maximum absolute atomic E-state index is 11.9. The number of halogens is 3. The van der Waals surface area contributed by atoms with Gasteiger partial charge in [0, 0.05) is 25.6 Å². The van der Waals surface area contributed by atoms with E-state index in [1.54, 1.807) is 20.8 Å². The molecule has 112 valence electrons. The zero-order valence-electron chi connectivity index (χ0n) is 11.5. The van der Waals surface area contributed by atoms with E-state index in [9.17, 15) is 18.0 Å². The average molecular weight is 282 g/mol. The molecule has 7 heteroatoms. The molecule has 0 saturated carbocycles. The lowest BCUT2D eigenvalue weighted by molar-refractivity contribution is -0.135. The third-order valence-electron chi connectivity index (χ3n) is 2.60. The van der Waals surface area contributed by atoms with Crippen molar-refractivity contribution in [1.29, 1.82) is 0 Å². The Labute approximate surface area is 111 Å². The SMILES string of the molecule is CC(C)(C)OC(=O)N1CC(NCCCC(F)(F)F)C1. The molecule has 0 aliphatic carbocycles. The quantitative estimate of drug-likeness (QED) is 0.806. The molecular weight excluding hydrogens is 261 g/mol. The van der Waals surface area contributed by atoms with Gasteiger partial charge in [-0.2, -0.15) is 13.2 Å². The first-order chi connectivity index (χ1) is 8.57. The highest BCUT2D eigenvalue weighted by atomic mass is 19.4. The summed E-state index contributed by atoms with van der Waals surface area (Å²) in [5.74, 6) is 0. The Bertz CT molecular complexity index is 307. The van der Waals surface area contributed by atoms with Crippen LogP contribution in [0.2, 0.25) is 0 Å². The molecule has 1 heterocycles. The van der Waals surface area contributed by atoms with Gasteiger partial charge in [0.2, 0.25) is 0 Å². The number of hydrogen-bond acceptors (Lipinski definition) is 3. The van der Waals surface area contributed by atoms with Gasteiger partial charge in [-0.3, -0.25) is 0 Å². The fourth-order valence-electron chi connectivity index (χ4n) is 1.68. The van der Waals surface area contributed by atoms with E-state index < -0.39 is 18.2 Å². The maximum Gasteiger partial charge on any atom is 0.410 e. The Morgan fingerprint density at radius 3 is 2.37 bits per heavy atom. The topological polar surface area (TPSA) is 41.6 Å². The molecule has 0 atom stereocenters. The van der Waals surface area contributed by atoms with Gasteiger partial charge < -0.3 is 15.0 Å². The summed E-state index contributed by atoms with van der Waals surface area (Å²) >= 11 is 0. The lowest BCUT2D eigenvalue weighted by Crippen LogP contribution is -2.60. The van der Waals surface area contributed by atoms with E-state index in [0.717, 1.165) is 0 Å². The number of amides is 1. The van der Waals surface area contributed by atoms with Gasteiger partial charge in [-0.25, -0.2) is 4.79 Å². The molecule has 4 nitrogen and oxygen atoms in total. The standard InChI is InChI=1S/C12H21F3N2O2/c1-11(2,3)19-10(18)17-7-9(8-17)16-6-4-5-12(13,14)15/h9,16H,4-8H2,1-3H3. The van der Waals surface area contributed by atoms with Gasteiger partial charge in [0.25, 0.3) is 0 Å². The summed E-state index contributed by atoms with van der Waals surface area (Å²) in [6, 6.07) is 0.0701. The summed E-state index contributed by atoms with van der Waals surface area (Å²) in [5.41, 5.74) is -0.525. The molecule has 0 bridgehead atoms. The number of rotatable bonds is 4. The van der Waals surface area contributed by atoms with Gasteiger partial charge in [0.05, 0.1) is 0 Å². The zero-order chi connectivity index (χ0) is 14.7. The van der Waals surface area contributed by atoms with Crippen LogP contribution in [0.1, 0.15) is 33.6 Å². The Hall–Kier alpha value is -0.980. The second kappa shape index (κ2) is 5.98. The molecule has 1 aliphatic rings. The summed E-state index contributed by atoms with van der Waals surface area (Å²) in [4.78, 5) is 13.1. The summed E-state index contributed by atoms with van der Waals surface area (Å²) < 4.78 is 40.9. The molecule has 0 spiro atoms. The number of alkyl halides is 3. The number of carbonyl (C=O) groups is 1. The largest absolute Gasteiger partial charge is 0.444 e. The number of hydrogen-bond donors (Lipinski definition) is 1. The summed E-state index contributed by atoms with van der Waals surface area (Å²) in [6.07, 6.45) is -5.18. The Balaban J connectivity index is 2.09. The lowest BCUT2D eigenvalue weighted by atomic mass is 10.1. The highest BCUT2D eigenvalue weighted by Gasteiger charge is 2.33. The van der Waals surface area contributed by atoms with Crippen molar-refractivity contribution in [3.63, 3.8) is 0 Å². The molecule has 1 amide bonds. The van der Waals surface area contributed by atoms with Crippen molar-refractivity contribution < 1.29 is 22.7 Å². The van der Waals surface area contributed by atoms with E-state index in [0.29, 0.717) is 19.6 Å².